The van der Waals surface area contributed by atoms with Crippen LogP contribution in [-0.2, 0) is 22.5 Å². The zero-order valence-corrected chi connectivity index (χ0v) is 12.3. The van der Waals surface area contributed by atoms with E-state index >= 15 is 0 Å². The Labute approximate surface area is 125 Å². The van der Waals surface area contributed by atoms with Gasteiger partial charge in [0.15, 0.2) is 0 Å². The minimum absolute atomic E-state index is 0.000361. The third-order valence-electron chi connectivity index (χ3n) is 4.16. The van der Waals surface area contributed by atoms with E-state index in [-0.39, 0.29) is 12.0 Å². The lowest BCUT2D eigenvalue weighted by molar-refractivity contribution is -0.134. The molecule has 1 aromatic carbocycles. The van der Waals surface area contributed by atoms with Crippen LogP contribution in [0.1, 0.15) is 11.1 Å². The summed E-state index contributed by atoms with van der Waals surface area (Å²) in [6.45, 7) is 5.67. The summed E-state index contributed by atoms with van der Waals surface area (Å²) < 4.78 is 5.44. The third kappa shape index (κ3) is 3.81. The standard InChI is InChI=1S/C16H23N3O2/c20-16(15-11-17-7-10-21-15)18-6-9-19-8-5-13-3-1-2-4-14(13)12-19/h1-4,15,17H,5-12H2,(H,18,20). The Hall–Kier alpha value is -1.43. The molecule has 1 atom stereocenters. The average molecular weight is 289 g/mol. The van der Waals surface area contributed by atoms with Gasteiger partial charge in [-0.2, -0.15) is 0 Å². The Morgan fingerprint density at radius 2 is 2.24 bits per heavy atom. The van der Waals surface area contributed by atoms with Crippen molar-refractivity contribution < 1.29 is 9.53 Å². The zero-order valence-electron chi connectivity index (χ0n) is 12.3. The molecule has 0 radical (unpaired) electrons. The van der Waals surface area contributed by atoms with Crippen molar-refractivity contribution in [2.75, 3.05) is 39.3 Å². The van der Waals surface area contributed by atoms with Crippen molar-refractivity contribution >= 4 is 5.91 Å². The molecule has 2 N–H and O–H groups in total. The Bertz CT molecular complexity index is 486. The molecule has 5 heteroatoms. The van der Waals surface area contributed by atoms with Gasteiger partial charge in [0, 0.05) is 39.3 Å². The number of carbonyl (C=O) groups is 1. The van der Waals surface area contributed by atoms with Crippen molar-refractivity contribution in [3.63, 3.8) is 0 Å². The van der Waals surface area contributed by atoms with Crippen LogP contribution in [0.2, 0.25) is 0 Å². The highest BCUT2D eigenvalue weighted by Gasteiger charge is 2.21. The van der Waals surface area contributed by atoms with Crippen LogP contribution in [-0.4, -0.2) is 56.2 Å². The highest BCUT2D eigenvalue weighted by Crippen LogP contribution is 2.17. The summed E-state index contributed by atoms with van der Waals surface area (Å²) in [6.07, 6.45) is 0.764. The Morgan fingerprint density at radius 1 is 1.38 bits per heavy atom. The summed E-state index contributed by atoms with van der Waals surface area (Å²) in [5.41, 5.74) is 2.87. The molecular formula is C16H23N3O2. The van der Waals surface area contributed by atoms with Gasteiger partial charge in [0.25, 0.3) is 5.91 Å². The Balaban J connectivity index is 1.41. The van der Waals surface area contributed by atoms with E-state index in [9.17, 15) is 4.79 Å². The highest BCUT2D eigenvalue weighted by atomic mass is 16.5. The van der Waals surface area contributed by atoms with Crippen LogP contribution in [0.5, 0.6) is 0 Å². The van der Waals surface area contributed by atoms with Gasteiger partial charge in [-0.15, -0.1) is 0 Å². The number of carbonyl (C=O) groups excluding carboxylic acids is 1. The van der Waals surface area contributed by atoms with Crippen LogP contribution in [0.15, 0.2) is 24.3 Å². The van der Waals surface area contributed by atoms with E-state index in [2.05, 4.69) is 39.8 Å². The molecule has 2 heterocycles. The molecule has 5 nitrogen and oxygen atoms in total. The summed E-state index contributed by atoms with van der Waals surface area (Å²) in [5.74, 6) is -0.000361. The van der Waals surface area contributed by atoms with Crippen LogP contribution < -0.4 is 10.6 Å². The van der Waals surface area contributed by atoms with Gasteiger partial charge in [-0.3, -0.25) is 9.69 Å². The predicted octanol–water partition coefficient (Wildman–Crippen LogP) is 0.149. The molecule has 1 unspecified atom stereocenters. The van der Waals surface area contributed by atoms with E-state index in [0.717, 1.165) is 32.6 Å². The second-order valence-corrected chi connectivity index (χ2v) is 5.65. The largest absolute Gasteiger partial charge is 0.366 e. The van der Waals surface area contributed by atoms with Gasteiger partial charge in [0.1, 0.15) is 6.10 Å². The first kappa shape index (κ1) is 14.5. The molecule has 0 bridgehead atoms. The fourth-order valence-corrected chi connectivity index (χ4v) is 2.93. The summed E-state index contributed by atoms with van der Waals surface area (Å²) in [4.78, 5) is 14.3. The van der Waals surface area contributed by atoms with Crippen LogP contribution in [0, 0.1) is 0 Å². The van der Waals surface area contributed by atoms with Crippen molar-refractivity contribution in [2.24, 2.45) is 0 Å². The molecule has 114 valence electrons. The number of rotatable bonds is 4. The van der Waals surface area contributed by atoms with Gasteiger partial charge in [0.2, 0.25) is 0 Å². The van der Waals surface area contributed by atoms with Gasteiger partial charge in [-0.05, 0) is 17.5 Å². The summed E-state index contributed by atoms with van der Waals surface area (Å²) in [7, 11) is 0. The quantitative estimate of drug-likeness (QED) is 0.828. The summed E-state index contributed by atoms with van der Waals surface area (Å²) >= 11 is 0. The van der Waals surface area contributed by atoms with Gasteiger partial charge in [-0.25, -0.2) is 0 Å². The first-order valence-corrected chi connectivity index (χ1v) is 7.72. The maximum Gasteiger partial charge on any atom is 0.250 e. The fraction of sp³-hybridized carbons (Fsp3) is 0.562. The smallest absolute Gasteiger partial charge is 0.250 e. The van der Waals surface area contributed by atoms with Gasteiger partial charge >= 0.3 is 0 Å². The number of morpholine rings is 1. The van der Waals surface area contributed by atoms with E-state index in [1.54, 1.807) is 0 Å². The third-order valence-corrected chi connectivity index (χ3v) is 4.16. The number of benzene rings is 1. The number of amides is 1. The topological polar surface area (TPSA) is 53.6 Å². The van der Waals surface area contributed by atoms with E-state index < -0.39 is 0 Å². The number of fused-ring (bicyclic) bond motifs is 1. The van der Waals surface area contributed by atoms with Crippen molar-refractivity contribution in [3.8, 4) is 0 Å². The van der Waals surface area contributed by atoms with Gasteiger partial charge in [-0.1, -0.05) is 24.3 Å². The van der Waals surface area contributed by atoms with Crippen LogP contribution in [0.4, 0.5) is 0 Å². The molecule has 1 saturated heterocycles. The maximum absolute atomic E-state index is 11.9. The van der Waals surface area contributed by atoms with Gasteiger partial charge in [0.05, 0.1) is 6.61 Å². The minimum Gasteiger partial charge on any atom is -0.366 e. The first-order valence-electron chi connectivity index (χ1n) is 7.72. The van der Waals surface area contributed by atoms with E-state index in [0.29, 0.717) is 19.7 Å². The van der Waals surface area contributed by atoms with E-state index in [4.69, 9.17) is 4.74 Å². The minimum atomic E-state index is -0.333. The number of hydrogen-bond acceptors (Lipinski definition) is 4. The number of nitrogens with zero attached hydrogens (tertiary/aromatic N) is 1. The summed E-state index contributed by atoms with van der Waals surface area (Å²) in [6, 6.07) is 8.61. The molecule has 3 rings (SSSR count). The van der Waals surface area contributed by atoms with Crippen LogP contribution in [0.25, 0.3) is 0 Å². The number of nitrogens with one attached hydrogen (secondary N) is 2. The SMILES string of the molecule is O=C(NCCN1CCc2ccccc2C1)C1CNCCO1. The van der Waals surface area contributed by atoms with Gasteiger partial charge < -0.3 is 15.4 Å². The average Bonchev–Trinajstić information content (AvgIpc) is 2.55. The molecule has 0 aromatic heterocycles. The molecule has 0 spiro atoms. The molecule has 2 aliphatic rings. The monoisotopic (exact) mass is 289 g/mol. The zero-order chi connectivity index (χ0) is 14.5. The first-order chi connectivity index (χ1) is 10.3. The molecule has 0 saturated carbocycles. The molecule has 2 aliphatic heterocycles. The van der Waals surface area contributed by atoms with Crippen molar-refractivity contribution in [2.45, 2.75) is 19.1 Å². The van der Waals surface area contributed by atoms with E-state index in [1.807, 2.05) is 0 Å². The Morgan fingerprint density at radius 3 is 3.05 bits per heavy atom. The second-order valence-electron chi connectivity index (χ2n) is 5.65. The lowest BCUT2D eigenvalue weighted by Crippen LogP contribution is -2.49. The highest BCUT2D eigenvalue weighted by molar-refractivity contribution is 5.81. The summed E-state index contributed by atoms with van der Waals surface area (Å²) in [5, 5.41) is 6.15. The Kier molecular flexibility index (Phi) is 4.85. The van der Waals surface area contributed by atoms with Crippen molar-refractivity contribution in [1.82, 2.24) is 15.5 Å². The lowest BCUT2D eigenvalue weighted by Gasteiger charge is -2.29. The lowest BCUT2D eigenvalue weighted by atomic mass is 10.00. The molecule has 0 aliphatic carbocycles. The maximum atomic E-state index is 11.9. The van der Waals surface area contributed by atoms with Crippen LogP contribution >= 0.6 is 0 Å². The molecule has 21 heavy (non-hydrogen) atoms. The molecular weight excluding hydrogens is 266 g/mol. The predicted molar refractivity (Wildman–Crippen MR) is 81.0 cm³/mol. The van der Waals surface area contributed by atoms with Crippen LogP contribution in [0.3, 0.4) is 0 Å². The molecule has 1 amide bonds. The van der Waals surface area contributed by atoms with E-state index in [1.165, 1.54) is 11.1 Å². The number of ether oxygens (including phenoxy) is 1. The molecule has 1 fully saturated rings. The second kappa shape index (κ2) is 7.02. The fourth-order valence-electron chi connectivity index (χ4n) is 2.93. The van der Waals surface area contributed by atoms with Crippen molar-refractivity contribution in [3.05, 3.63) is 35.4 Å². The van der Waals surface area contributed by atoms with Crippen molar-refractivity contribution in [1.29, 1.82) is 0 Å². The number of hydrogen-bond donors (Lipinski definition) is 2. The molecule has 1 aromatic rings. The normalized spacial score (nSPS) is 22.6.